The Kier molecular flexibility index (Phi) is 18.0. The summed E-state index contributed by atoms with van der Waals surface area (Å²) in [7, 11) is 0. The van der Waals surface area contributed by atoms with Crippen molar-refractivity contribution >= 4 is 46.6 Å². The van der Waals surface area contributed by atoms with Crippen LogP contribution in [0.25, 0.3) is 0 Å². The van der Waals surface area contributed by atoms with E-state index in [-0.39, 0.29) is 39.5 Å². The van der Waals surface area contributed by atoms with E-state index in [0.29, 0.717) is 26.9 Å². The molecule has 3 heterocycles. The van der Waals surface area contributed by atoms with Crippen molar-refractivity contribution in [3.05, 3.63) is 76.6 Å². The van der Waals surface area contributed by atoms with Gasteiger partial charge in [0.25, 0.3) is 0 Å². The molecule has 30 heavy (non-hydrogen) atoms. The molecule has 0 bridgehead atoms. The third kappa shape index (κ3) is 10.6. The van der Waals surface area contributed by atoms with Crippen LogP contribution in [-0.4, -0.2) is 24.8 Å². The summed E-state index contributed by atoms with van der Waals surface area (Å²) < 4.78 is 10.5. The molecule has 3 aromatic rings. The second-order valence-electron chi connectivity index (χ2n) is 4.57. The molecule has 3 aromatic heterocycles. The zero-order chi connectivity index (χ0) is 20.2. The number of rotatable bonds is 2. The zero-order valence-corrected chi connectivity index (χ0v) is 18.8. The van der Waals surface area contributed by atoms with Crippen LogP contribution in [0.1, 0.15) is 29.5 Å². The number of carbonyl (C=O) groups excluding carboxylic acids is 1. The number of quaternary nitrogens is 1. The molecule has 12 heteroatoms. The monoisotopic (exact) mass is 544 g/mol. The fraction of sp³-hybridized carbons (Fsp3) is 0.0556. The Hall–Kier alpha value is -2.93. The van der Waals surface area contributed by atoms with Crippen LogP contribution in [0.15, 0.2) is 60.8 Å². The van der Waals surface area contributed by atoms with Gasteiger partial charge in [0.2, 0.25) is 6.04 Å². The Bertz CT molecular complexity index is 949. The Morgan fingerprint density at radius 3 is 2.23 bits per heavy atom. The van der Waals surface area contributed by atoms with Gasteiger partial charge in [-0.25, -0.2) is 4.98 Å². The quantitative estimate of drug-likeness (QED) is 0.215. The second kappa shape index (κ2) is 17.0. The van der Waals surface area contributed by atoms with E-state index < -0.39 is 0 Å². The molecule has 0 saturated heterocycles. The smallest absolute Gasteiger partial charge is 0.229 e. The summed E-state index contributed by atoms with van der Waals surface area (Å²) in [5, 5.41) is 26.0. The molecule has 159 valence electrons. The van der Waals surface area contributed by atoms with Crippen molar-refractivity contribution in [1.82, 2.24) is 4.98 Å². The Labute approximate surface area is 193 Å². The van der Waals surface area contributed by atoms with Gasteiger partial charge in [-0.2, -0.15) is 10.5 Å². The Morgan fingerprint density at radius 1 is 1.23 bits per heavy atom. The number of carbonyl (C=O) groups is 1. The van der Waals surface area contributed by atoms with Gasteiger partial charge < -0.3 is 27.1 Å². The highest BCUT2D eigenvalue weighted by Crippen LogP contribution is 2.28. The lowest BCUT2D eigenvalue weighted by molar-refractivity contribution is -0.409. The maximum Gasteiger partial charge on any atom is 0.229 e. The summed E-state index contributed by atoms with van der Waals surface area (Å²) in [4.78, 5) is 13.5. The van der Waals surface area contributed by atoms with Crippen LogP contribution < -0.4 is 5.73 Å². The van der Waals surface area contributed by atoms with Gasteiger partial charge in [-0.15, -0.1) is 0 Å². The third-order valence-corrected chi connectivity index (χ3v) is 3.73. The molecular formula is C18H19BBr2FN4O4. The first-order valence-electron chi connectivity index (χ1n) is 7.12. The molecule has 1 unspecified atom stereocenters. The fourth-order valence-electron chi connectivity index (χ4n) is 1.47. The number of pyridine rings is 1. The first-order valence-corrected chi connectivity index (χ1v) is 8.71. The van der Waals surface area contributed by atoms with Crippen molar-refractivity contribution in [3.8, 4) is 17.9 Å². The van der Waals surface area contributed by atoms with Gasteiger partial charge in [0, 0.05) is 9.84 Å². The first kappa shape index (κ1) is 31.8. The van der Waals surface area contributed by atoms with Crippen molar-refractivity contribution in [2.45, 2.75) is 6.04 Å². The van der Waals surface area contributed by atoms with E-state index in [1.54, 1.807) is 36.4 Å². The minimum atomic E-state index is -0.375. The van der Waals surface area contributed by atoms with Gasteiger partial charge in [-0.05, 0) is 62.2 Å². The maximum absolute atomic E-state index is 9.77. The first-order chi connectivity index (χ1) is 12.9. The topological polar surface area (TPSA) is 152 Å². The lowest BCUT2D eigenvalue weighted by Gasteiger charge is -1.97. The second-order valence-corrected chi connectivity index (χ2v) is 6.23. The van der Waals surface area contributed by atoms with Crippen LogP contribution >= 0.6 is 31.9 Å². The molecule has 1 atom stereocenters. The van der Waals surface area contributed by atoms with E-state index in [0.717, 1.165) is 0 Å². The van der Waals surface area contributed by atoms with Gasteiger partial charge in [0.1, 0.15) is 16.7 Å². The van der Waals surface area contributed by atoms with Crippen LogP contribution in [0.4, 0.5) is 4.70 Å². The summed E-state index contributed by atoms with van der Waals surface area (Å²) in [6.07, 6.45) is 3.66. The number of hydrogen-bond acceptors (Lipinski definition) is 7. The third-order valence-electron chi connectivity index (χ3n) is 2.72. The van der Waals surface area contributed by atoms with E-state index in [1.165, 1.54) is 12.5 Å². The summed E-state index contributed by atoms with van der Waals surface area (Å²) in [6.45, 7) is 0. The summed E-state index contributed by atoms with van der Waals surface area (Å²) in [5.41, 5.74) is 3.55. The lowest BCUT2D eigenvalue weighted by atomic mass is 10.3. The SMILES string of the molecule is F.N#CC([NH3+])c1ccco1.N#Cc1nc(Br)cc(Br)c1O.O=Cc1ccco1.[2HH].[B].[CH3-]. The van der Waals surface area contributed by atoms with Gasteiger partial charge in [-0.1, -0.05) is 0 Å². The van der Waals surface area contributed by atoms with Gasteiger partial charge in [0.15, 0.2) is 29.3 Å². The molecule has 4 N–H and O–H groups in total. The summed E-state index contributed by atoms with van der Waals surface area (Å²) in [6, 6.07) is 11.7. The van der Waals surface area contributed by atoms with E-state index in [1.807, 2.05) is 6.07 Å². The van der Waals surface area contributed by atoms with Crippen molar-refractivity contribution < 1.29 is 30.6 Å². The summed E-state index contributed by atoms with van der Waals surface area (Å²) >= 11 is 6.15. The number of nitrogens with zero attached hydrogens (tertiary/aromatic N) is 3. The minimum absolute atomic E-state index is 0. The van der Waals surface area contributed by atoms with E-state index in [4.69, 9.17) is 20.0 Å². The molecule has 8 nitrogen and oxygen atoms in total. The predicted octanol–water partition coefficient (Wildman–Crippen LogP) is 3.83. The highest BCUT2D eigenvalue weighted by atomic mass is 79.9. The molecule has 0 saturated carbocycles. The number of halogens is 3. The van der Waals surface area contributed by atoms with Crippen molar-refractivity contribution in [1.29, 1.82) is 10.5 Å². The molecule has 0 amide bonds. The normalized spacial score (nSPS) is 9.10. The number of hydrogen-bond donors (Lipinski definition) is 2. The van der Waals surface area contributed by atoms with Crippen molar-refractivity contribution in [3.63, 3.8) is 0 Å². The van der Waals surface area contributed by atoms with E-state index >= 15 is 0 Å². The number of nitriles is 2. The van der Waals surface area contributed by atoms with Crippen molar-refractivity contribution in [2.24, 2.45) is 0 Å². The molecule has 0 fully saturated rings. The fourth-order valence-corrected chi connectivity index (χ4v) is 2.59. The molecule has 3 radical (unpaired) electrons. The molecular weight excluding hydrogens is 526 g/mol. The minimum Gasteiger partial charge on any atom is -0.504 e. The van der Waals surface area contributed by atoms with Crippen LogP contribution in [0.2, 0.25) is 0 Å². The van der Waals surface area contributed by atoms with E-state index in [9.17, 15) is 4.79 Å². The lowest BCUT2D eigenvalue weighted by Crippen LogP contribution is -2.52. The molecule has 0 spiro atoms. The predicted molar refractivity (Wildman–Crippen MR) is 117 cm³/mol. The zero-order valence-electron chi connectivity index (χ0n) is 15.7. The number of aromatic hydroxyl groups is 1. The number of aromatic nitrogens is 1. The molecule has 0 aliphatic rings. The van der Waals surface area contributed by atoms with Crippen LogP contribution in [0, 0.1) is 30.1 Å². The Balaban J connectivity index is -0.000000169. The Morgan fingerprint density at radius 2 is 1.83 bits per heavy atom. The standard InChI is InChI=1S/C6H2Br2N2O.C6H6N2O.C5H4O2.CH3.B.FH.H2/c7-3-1-5(8)10-4(2-9)6(3)11;7-4-5(8)6-2-1-3-9-6;6-4-5-2-1-3-7-5;;;;/h1,11H;1-3,5H,8H2;1-4H;1H3;;2*1H/q;;;-1;;;/p+1/i;;;;;;1+1. The molecule has 0 aliphatic carbocycles. The van der Waals surface area contributed by atoms with Crippen LogP contribution in [0.3, 0.4) is 0 Å². The molecule has 3 rings (SSSR count). The maximum atomic E-state index is 9.77. The summed E-state index contributed by atoms with van der Waals surface area (Å²) in [5.74, 6) is 0.869. The average Bonchev–Trinajstić information content (AvgIpc) is 3.38. The van der Waals surface area contributed by atoms with Crippen molar-refractivity contribution in [2.75, 3.05) is 0 Å². The number of furan rings is 2. The molecule has 0 aromatic carbocycles. The van der Waals surface area contributed by atoms with Gasteiger partial charge in [-0.3, -0.25) is 9.50 Å². The largest absolute Gasteiger partial charge is 0.504 e. The van der Waals surface area contributed by atoms with Gasteiger partial charge in [0.05, 0.1) is 17.0 Å². The average molecular weight is 546 g/mol. The van der Waals surface area contributed by atoms with Gasteiger partial charge >= 0.3 is 0 Å². The van der Waals surface area contributed by atoms with Crippen LogP contribution in [-0.2, 0) is 0 Å². The highest BCUT2D eigenvalue weighted by molar-refractivity contribution is 9.11. The number of aldehydes is 1. The van der Waals surface area contributed by atoms with E-state index in [2.05, 4.69) is 47.0 Å². The van der Waals surface area contributed by atoms with Crippen LogP contribution in [0.5, 0.6) is 5.75 Å². The highest BCUT2D eigenvalue weighted by Gasteiger charge is 2.09. The molecule has 0 aliphatic heterocycles.